The molecule has 82 valence electrons. The molecule has 2 N–H and O–H groups in total. The molecule has 0 amide bonds. The SMILES string of the molecule is Cc1cnnn1-c1cccc(N)c1.Cl.Cl. The van der Waals surface area contributed by atoms with Gasteiger partial charge in [-0.1, -0.05) is 11.3 Å². The second-order valence-electron chi connectivity index (χ2n) is 2.88. The van der Waals surface area contributed by atoms with E-state index in [0.29, 0.717) is 0 Å². The Balaban J connectivity index is 0.000000980. The van der Waals surface area contributed by atoms with Crippen LogP contribution in [0.3, 0.4) is 0 Å². The van der Waals surface area contributed by atoms with Crippen LogP contribution in [0, 0.1) is 6.92 Å². The molecule has 1 heterocycles. The second kappa shape index (κ2) is 5.58. The third-order valence-corrected chi connectivity index (χ3v) is 1.83. The summed E-state index contributed by atoms with van der Waals surface area (Å²) in [6.07, 6.45) is 1.71. The number of nitrogen functional groups attached to an aromatic ring is 1. The molecule has 1 aromatic heterocycles. The summed E-state index contributed by atoms with van der Waals surface area (Å²) in [6, 6.07) is 7.54. The molecule has 0 fully saturated rings. The first kappa shape index (κ1) is 13.7. The monoisotopic (exact) mass is 246 g/mol. The third-order valence-electron chi connectivity index (χ3n) is 1.83. The topological polar surface area (TPSA) is 56.7 Å². The first-order valence-corrected chi connectivity index (χ1v) is 4.00. The first-order valence-electron chi connectivity index (χ1n) is 4.00. The largest absolute Gasteiger partial charge is 0.399 e. The zero-order valence-electron chi connectivity index (χ0n) is 8.12. The van der Waals surface area contributed by atoms with Gasteiger partial charge in [-0.3, -0.25) is 0 Å². The van der Waals surface area contributed by atoms with Gasteiger partial charge in [-0.05, 0) is 25.1 Å². The van der Waals surface area contributed by atoms with Gasteiger partial charge in [-0.15, -0.1) is 29.9 Å². The lowest BCUT2D eigenvalue weighted by Gasteiger charge is -2.02. The predicted octanol–water partition coefficient (Wildman–Crippen LogP) is 2.00. The zero-order valence-corrected chi connectivity index (χ0v) is 9.76. The van der Waals surface area contributed by atoms with Crippen molar-refractivity contribution in [3.05, 3.63) is 36.2 Å². The Morgan fingerprint density at radius 2 is 2.00 bits per heavy atom. The van der Waals surface area contributed by atoms with Gasteiger partial charge in [0.1, 0.15) is 0 Å². The van der Waals surface area contributed by atoms with Crippen molar-refractivity contribution < 1.29 is 0 Å². The highest BCUT2D eigenvalue weighted by atomic mass is 35.5. The smallest absolute Gasteiger partial charge is 0.0726 e. The molecule has 0 spiro atoms. The van der Waals surface area contributed by atoms with E-state index in [1.807, 2.05) is 31.2 Å². The van der Waals surface area contributed by atoms with Crippen LogP contribution >= 0.6 is 24.8 Å². The molecule has 0 saturated carbocycles. The van der Waals surface area contributed by atoms with Crippen LogP contribution in [0.15, 0.2) is 30.5 Å². The molecule has 0 aliphatic heterocycles. The van der Waals surface area contributed by atoms with Gasteiger partial charge in [0.05, 0.1) is 17.6 Å². The minimum Gasteiger partial charge on any atom is -0.399 e. The molecule has 0 radical (unpaired) electrons. The lowest BCUT2D eigenvalue weighted by Crippen LogP contribution is -1.99. The van der Waals surface area contributed by atoms with Gasteiger partial charge in [0.2, 0.25) is 0 Å². The van der Waals surface area contributed by atoms with E-state index in [1.54, 1.807) is 10.9 Å². The quantitative estimate of drug-likeness (QED) is 0.784. The fourth-order valence-corrected chi connectivity index (χ4v) is 1.20. The highest BCUT2D eigenvalue weighted by molar-refractivity contribution is 5.85. The van der Waals surface area contributed by atoms with E-state index in [2.05, 4.69) is 10.3 Å². The third kappa shape index (κ3) is 2.84. The summed E-state index contributed by atoms with van der Waals surface area (Å²) in [5.41, 5.74) is 8.31. The van der Waals surface area contributed by atoms with E-state index in [-0.39, 0.29) is 24.8 Å². The molecule has 6 heteroatoms. The van der Waals surface area contributed by atoms with Gasteiger partial charge in [-0.25, -0.2) is 4.68 Å². The molecule has 15 heavy (non-hydrogen) atoms. The number of halogens is 2. The van der Waals surface area contributed by atoms with Gasteiger partial charge in [0.15, 0.2) is 0 Å². The Hall–Kier alpha value is -1.26. The van der Waals surface area contributed by atoms with E-state index < -0.39 is 0 Å². The average Bonchev–Trinajstić information content (AvgIpc) is 2.51. The van der Waals surface area contributed by atoms with Gasteiger partial charge in [-0.2, -0.15) is 0 Å². The maximum absolute atomic E-state index is 5.65. The molecule has 0 atom stereocenters. The maximum Gasteiger partial charge on any atom is 0.0726 e. The van der Waals surface area contributed by atoms with Crippen molar-refractivity contribution >= 4 is 30.5 Å². The molecule has 2 aromatic rings. The van der Waals surface area contributed by atoms with Crippen LogP contribution in [0.4, 0.5) is 5.69 Å². The van der Waals surface area contributed by atoms with Crippen LogP contribution in [0.5, 0.6) is 0 Å². The molecule has 0 bridgehead atoms. The molecule has 0 aliphatic rings. The number of aryl methyl sites for hydroxylation is 1. The number of hydrogen-bond acceptors (Lipinski definition) is 3. The van der Waals surface area contributed by atoms with Gasteiger partial charge < -0.3 is 5.73 Å². The highest BCUT2D eigenvalue weighted by Gasteiger charge is 2.00. The van der Waals surface area contributed by atoms with Gasteiger partial charge in [0.25, 0.3) is 0 Å². The summed E-state index contributed by atoms with van der Waals surface area (Å²) in [5, 5.41) is 7.74. The lowest BCUT2D eigenvalue weighted by molar-refractivity contribution is 0.785. The summed E-state index contributed by atoms with van der Waals surface area (Å²) in [4.78, 5) is 0. The Bertz CT molecular complexity index is 428. The molecule has 2 rings (SSSR count). The Kier molecular flexibility index (Phi) is 5.11. The zero-order chi connectivity index (χ0) is 9.26. The summed E-state index contributed by atoms with van der Waals surface area (Å²) in [6.45, 7) is 1.95. The van der Waals surface area contributed by atoms with Crippen LogP contribution in [0.1, 0.15) is 5.69 Å². The Labute approximate surface area is 100 Å². The van der Waals surface area contributed by atoms with Crippen molar-refractivity contribution in [3.63, 3.8) is 0 Å². The number of nitrogens with zero attached hydrogens (tertiary/aromatic N) is 3. The average molecular weight is 247 g/mol. The number of anilines is 1. The highest BCUT2D eigenvalue weighted by Crippen LogP contribution is 2.11. The van der Waals surface area contributed by atoms with Crippen molar-refractivity contribution in [2.45, 2.75) is 6.92 Å². The van der Waals surface area contributed by atoms with Crippen LogP contribution in [0.2, 0.25) is 0 Å². The Morgan fingerprint density at radius 3 is 2.53 bits per heavy atom. The second-order valence-corrected chi connectivity index (χ2v) is 2.88. The summed E-state index contributed by atoms with van der Waals surface area (Å²) in [7, 11) is 0. The molecule has 4 nitrogen and oxygen atoms in total. The van der Waals surface area contributed by atoms with Crippen molar-refractivity contribution in [3.8, 4) is 5.69 Å². The molecule has 0 unspecified atom stereocenters. The Morgan fingerprint density at radius 1 is 1.27 bits per heavy atom. The van der Waals surface area contributed by atoms with Gasteiger partial charge >= 0.3 is 0 Å². The predicted molar refractivity (Wildman–Crippen MR) is 65.0 cm³/mol. The van der Waals surface area contributed by atoms with Crippen molar-refractivity contribution in [2.75, 3.05) is 5.73 Å². The number of hydrogen-bond donors (Lipinski definition) is 1. The van der Waals surface area contributed by atoms with Crippen LogP contribution in [0.25, 0.3) is 5.69 Å². The summed E-state index contributed by atoms with van der Waals surface area (Å²) >= 11 is 0. The molecular weight excluding hydrogens is 235 g/mol. The van der Waals surface area contributed by atoms with E-state index in [9.17, 15) is 0 Å². The lowest BCUT2D eigenvalue weighted by atomic mass is 10.3. The maximum atomic E-state index is 5.65. The first-order chi connectivity index (χ1) is 6.27. The minimum absolute atomic E-state index is 0. The van der Waals surface area contributed by atoms with E-state index in [1.165, 1.54) is 0 Å². The normalized spacial score (nSPS) is 8.87. The molecule has 0 aliphatic carbocycles. The molecule has 1 aromatic carbocycles. The minimum atomic E-state index is 0. The summed E-state index contributed by atoms with van der Waals surface area (Å²) < 4.78 is 1.75. The fourth-order valence-electron chi connectivity index (χ4n) is 1.20. The number of aromatic nitrogens is 3. The van der Waals surface area contributed by atoms with Crippen LogP contribution < -0.4 is 5.73 Å². The summed E-state index contributed by atoms with van der Waals surface area (Å²) in [5.74, 6) is 0. The van der Waals surface area contributed by atoms with Crippen LogP contribution in [-0.2, 0) is 0 Å². The number of benzene rings is 1. The van der Waals surface area contributed by atoms with Gasteiger partial charge in [0, 0.05) is 5.69 Å². The molecular formula is C9H12Cl2N4. The van der Waals surface area contributed by atoms with E-state index in [0.717, 1.165) is 17.1 Å². The number of rotatable bonds is 1. The van der Waals surface area contributed by atoms with Crippen molar-refractivity contribution in [1.82, 2.24) is 15.0 Å². The van der Waals surface area contributed by atoms with E-state index in [4.69, 9.17) is 5.73 Å². The van der Waals surface area contributed by atoms with Crippen LogP contribution in [-0.4, -0.2) is 15.0 Å². The molecule has 0 saturated heterocycles. The van der Waals surface area contributed by atoms with Crippen molar-refractivity contribution in [2.24, 2.45) is 0 Å². The standard InChI is InChI=1S/C9H10N4.2ClH/c1-7-6-11-12-13(7)9-4-2-3-8(10)5-9;;/h2-6H,10H2,1H3;2*1H. The number of nitrogens with two attached hydrogens (primary N) is 1. The van der Waals surface area contributed by atoms with Crippen molar-refractivity contribution in [1.29, 1.82) is 0 Å². The fraction of sp³-hybridized carbons (Fsp3) is 0.111. The van der Waals surface area contributed by atoms with E-state index >= 15 is 0 Å².